The van der Waals surface area contributed by atoms with Crippen LogP contribution in [0, 0.1) is 32.5 Å². The number of aromatic nitrogens is 2. The van der Waals surface area contributed by atoms with Crippen LogP contribution >= 0.6 is 21.6 Å². The zero-order chi connectivity index (χ0) is 91.0. The van der Waals surface area contributed by atoms with Gasteiger partial charge in [0.05, 0.1) is 12.1 Å². The molecule has 0 aliphatic carbocycles. The normalized spacial score (nSPS) is 16.1. The predicted molar refractivity (Wildman–Crippen MR) is 494 cm³/mol. The van der Waals surface area contributed by atoms with Crippen LogP contribution in [0.25, 0.3) is 21.8 Å². The van der Waals surface area contributed by atoms with Crippen LogP contribution in [0.15, 0.2) is 159 Å². The van der Waals surface area contributed by atoms with E-state index in [0.29, 0.717) is 35.1 Å². The van der Waals surface area contributed by atoms with E-state index in [-0.39, 0.29) is 163 Å². The van der Waals surface area contributed by atoms with E-state index in [9.17, 15) is 71.5 Å². The fourth-order valence-corrected chi connectivity index (χ4v) is 14.8. The van der Waals surface area contributed by atoms with Gasteiger partial charge in [0.1, 0.15) is 71.9 Å². The Morgan fingerprint density at radius 1 is 0.339 bits per heavy atom. The molecule has 0 aliphatic rings. The number of aliphatic hydroxyl groups is 12. The van der Waals surface area contributed by atoms with Crippen molar-refractivity contribution in [3.8, 4) is 11.5 Å². The number of aliphatic hydroxyl groups excluding tert-OH is 12. The van der Waals surface area contributed by atoms with E-state index in [2.05, 4.69) is 81.2 Å². The molecule has 674 valence electrons. The molecule has 2 aromatic heterocycles. The van der Waals surface area contributed by atoms with Crippen molar-refractivity contribution in [2.24, 2.45) is 84.3 Å². The van der Waals surface area contributed by atoms with Gasteiger partial charge in [0, 0.05) is 97.6 Å². The van der Waals surface area contributed by atoms with Gasteiger partial charge in [0.15, 0.2) is 35.6 Å². The van der Waals surface area contributed by atoms with E-state index in [0.717, 1.165) is 43.4 Å². The molecule has 0 saturated heterocycles. The van der Waals surface area contributed by atoms with Crippen molar-refractivity contribution in [2.75, 3.05) is 37.7 Å². The Morgan fingerprint density at radius 2 is 0.589 bits per heavy atom. The Morgan fingerprint density at radius 3 is 0.855 bits per heavy atom. The first-order valence-corrected chi connectivity index (χ1v) is 42.6. The van der Waals surface area contributed by atoms with E-state index in [1.807, 2.05) is 36.4 Å². The van der Waals surface area contributed by atoms with Gasteiger partial charge >= 0.3 is 0 Å². The number of para-hydroxylation sites is 2. The van der Waals surface area contributed by atoms with Crippen molar-refractivity contribution in [1.82, 2.24) is 31.2 Å². The summed E-state index contributed by atoms with van der Waals surface area (Å²) in [6, 6.07) is 10.4. The number of aromatic amines is 2. The molecule has 44 heteroatoms. The van der Waals surface area contributed by atoms with Gasteiger partial charge < -0.3 is 137 Å². The summed E-state index contributed by atoms with van der Waals surface area (Å²) in [4.78, 5) is 50.6. The summed E-state index contributed by atoms with van der Waals surface area (Å²) in [6.45, 7) is 4.00. The third-order valence-electron chi connectivity index (χ3n) is 19.0. The highest BCUT2D eigenvalue weighted by molar-refractivity contribution is 8.76. The van der Waals surface area contributed by atoms with Crippen LogP contribution in [-0.2, 0) is 25.7 Å². The minimum absolute atomic E-state index is 0.0262. The summed E-state index contributed by atoms with van der Waals surface area (Å²) in [5, 5.41) is 218. The van der Waals surface area contributed by atoms with Gasteiger partial charge in [-0.2, -0.15) is 0 Å². The van der Waals surface area contributed by atoms with Crippen molar-refractivity contribution >= 4 is 138 Å². The van der Waals surface area contributed by atoms with E-state index in [1.165, 1.54) is 24.3 Å². The number of H-pyrrole nitrogens is 2. The van der Waals surface area contributed by atoms with E-state index < -0.39 is 143 Å². The molecule has 0 bridgehead atoms. The lowest BCUT2D eigenvalue weighted by Crippen LogP contribution is -2.37. The maximum Gasteiger partial charge on any atom is 0.207 e. The number of fused-ring (bicyclic) bond motifs is 2. The Balaban J connectivity index is 1.30. The lowest BCUT2D eigenvalue weighted by atomic mass is 10.0. The van der Waals surface area contributed by atoms with E-state index in [4.69, 9.17) is 66.9 Å². The van der Waals surface area contributed by atoms with Crippen molar-refractivity contribution in [1.29, 1.82) is 32.5 Å². The van der Waals surface area contributed by atoms with Crippen molar-refractivity contribution in [3.05, 3.63) is 132 Å². The molecule has 0 radical (unpaired) electrons. The standard InChI is InChI=1S/C80H118N28O14S2/c1-3-13-55(69(115)101-59(21-11-33-95-79(89)90)73(119)105-61(65(83)111)35-43-23-27-47(109)28-24-43)99-71(117)57(19-9-31-93-77(85)86)103-75(121)63(37-45-39-97-53-17-7-5-15-49(45)53)107-67(113)51(81)41-123-124-42-52(82)68(114)108-64(38-46-40-98-54-18-8-6-16-50(46)54)76(122)104-58(20-10-32-94-78(87)88)72(118)100-56(14-4-2)70(116)102-60(22-12-34-96-80(91)92)74(120)106-62(66(84)112)36-44-25-29-48(110)30-26-44/h5-8,15-18,23-30,39-40,51-52,55-64,97-98,109-110H,3-4,9-14,19-22,31-38,41-42,81-82H2,1-2H3,(H2,83,111)(H2,84,112)(H,99,117)(H,100,118)(H,101,115)(H,102,116)(H,103,121)(H,104,122)(H,105,119)(H,106,120)(H,107,113)(H,108,114)(H4,85,86,93)(H4,87,88,94)(H4,89,90,95)(H4,91,92,96). The number of nitrogens with zero attached hydrogens (tertiary/aromatic N) is 10. The maximum absolute atomic E-state index is 12.2. The second kappa shape index (κ2) is 51.6. The van der Waals surface area contributed by atoms with Gasteiger partial charge in [0.25, 0.3) is 0 Å². The molecule has 0 spiro atoms. The number of phenolic OH excluding ortho intramolecular Hbond substituents is 2. The number of hydrogen-bond donors (Lipinski definition) is 32. The van der Waals surface area contributed by atoms with Crippen LogP contribution in [0.1, 0.15) is 113 Å². The highest BCUT2D eigenvalue weighted by Gasteiger charge is 2.31. The minimum atomic E-state index is -1.40. The molecule has 0 aliphatic heterocycles. The average molecular weight is 1760 g/mol. The average Bonchev–Trinajstić information content (AvgIpc) is 1.68. The Kier molecular flexibility index (Phi) is 41.5. The fourth-order valence-electron chi connectivity index (χ4n) is 12.5. The molecular formula is C80H118N28O14S2. The molecule has 2 heterocycles. The van der Waals surface area contributed by atoms with Gasteiger partial charge in [0.2, 0.25) is 59.0 Å². The van der Waals surface area contributed by atoms with Crippen LogP contribution in [0.5, 0.6) is 11.5 Å². The van der Waals surface area contributed by atoms with Gasteiger partial charge in [-0.1, -0.05) is 109 Å². The fraction of sp³-hybridized carbons (Fsp3) is 0.450. The van der Waals surface area contributed by atoms with Gasteiger partial charge in [-0.3, -0.25) is 32.5 Å². The molecular weight excluding hydrogens is 1640 g/mol. The summed E-state index contributed by atoms with van der Waals surface area (Å²) in [6.07, 6.45) is 4.35. The lowest BCUT2D eigenvalue weighted by Gasteiger charge is -2.19. The molecule has 12 unspecified atom stereocenters. The Hall–Kier alpha value is -13.1. The number of aromatic hydroxyl groups is 2. The number of rotatable bonds is 55. The second-order valence-corrected chi connectivity index (χ2v) is 31.5. The highest BCUT2D eigenvalue weighted by atomic mass is 33.1. The van der Waals surface area contributed by atoms with Crippen LogP contribution in [0.2, 0.25) is 0 Å². The second-order valence-electron chi connectivity index (χ2n) is 29.0. The molecule has 6 aromatic rings. The minimum Gasteiger partial charge on any atom is -0.508 e. The van der Waals surface area contributed by atoms with Gasteiger partial charge in [-0.05, 0) is 123 Å². The van der Waals surface area contributed by atoms with E-state index in [1.54, 1.807) is 62.6 Å². The third kappa shape index (κ3) is 34.4. The first-order chi connectivity index (χ1) is 59.1. The Bertz CT molecular complexity index is 4510. The monoisotopic (exact) mass is 1760 g/mol. The van der Waals surface area contributed by atoms with Crippen molar-refractivity contribution in [2.45, 2.75) is 189 Å². The summed E-state index contributed by atoms with van der Waals surface area (Å²) in [5.41, 5.74) is 39.3. The highest BCUT2D eigenvalue weighted by Crippen LogP contribution is 2.27. The third-order valence-corrected chi connectivity index (χ3v) is 21.5. The molecule has 38 N–H and O–H groups in total. The number of aliphatic imine (C=N–C) groups is 10. The SMILES string of the molecule is CCCC(N=C(O)C(CCCNC(=N)N)N=C(O)C(Cc1c[nH]c2ccccc12)N=C(O)C(N)CSSCC(N)C(O)=NC(Cc1c[nH]c2ccccc12)C(O)=NC(CCCNC(=N)N)C(O)=NC(CCC)C(O)=NC(CCCNC(=N)N)C(O)=NC(Cc1ccc(O)cc1)C(=N)O)C(O)=NC(CCCNC(=N)N)C(O)=NC(Cc1ccc(O)cc1)C(=N)O. The quantitative estimate of drug-likeness (QED) is 0.00768. The number of hydrogen-bond acceptors (Lipinski definition) is 22. The topological polar surface area (TPSA) is 786 Å². The summed E-state index contributed by atoms with van der Waals surface area (Å²) in [7, 11) is 2.24. The van der Waals surface area contributed by atoms with Crippen LogP contribution in [-0.4, -0.2) is 286 Å². The number of phenols is 2. The smallest absolute Gasteiger partial charge is 0.207 e. The summed E-state index contributed by atoms with van der Waals surface area (Å²) < 4.78 is 0. The number of guanidine groups is 4. The Labute approximate surface area is 723 Å². The number of nitrogens with two attached hydrogens (primary N) is 6. The van der Waals surface area contributed by atoms with Crippen LogP contribution < -0.4 is 55.7 Å². The predicted octanol–water partition coefficient (Wildman–Crippen LogP) is 7.34. The summed E-state index contributed by atoms with van der Waals surface area (Å²) in [5.74, 6) is -10.1. The van der Waals surface area contributed by atoms with Crippen LogP contribution in [0.3, 0.4) is 0 Å². The van der Waals surface area contributed by atoms with Crippen LogP contribution in [0.4, 0.5) is 0 Å². The van der Waals surface area contributed by atoms with Gasteiger partial charge in [-0.15, -0.1) is 0 Å². The molecule has 4 aromatic carbocycles. The molecule has 0 saturated carbocycles. The van der Waals surface area contributed by atoms with Gasteiger partial charge in [-0.25, -0.2) is 49.9 Å². The summed E-state index contributed by atoms with van der Waals surface area (Å²) >= 11 is 0. The molecule has 0 amide bonds. The maximum atomic E-state index is 12.2. The molecule has 12 atom stereocenters. The molecule has 124 heavy (non-hydrogen) atoms. The molecule has 42 nitrogen and oxygen atoms in total. The number of benzene rings is 4. The van der Waals surface area contributed by atoms with Crippen molar-refractivity contribution < 1.29 is 71.5 Å². The first kappa shape index (κ1) is 99.7. The molecule has 0 fully saturated rings. The zero-order valence-electron chi connectivity index (χ0n) is 68.9. The largest absolute Gasteiger partial charge is 0.508 e. The molecule has 6 rings (SSSR count). The lowest BCUT2D eigenvalue weighted by molar-refractivity contribution is 0.448. The zero-order valence-corrected chi connectivity index (χ0v) is 70.5. The number of nitrogens with one attached hydrogen (secondary N) is 12. The van der Waals surface area contributed by atoms with E-state index >= 15 is 0 Å². The first-order valence-electron chi connectivity index (χ1n) is 40.1. The van der Waals surface area contributed by atoms with Crippen molar-refractivity contribution in [3.63, 3.8) is 0 Å².